The fourth-order valence-corrected chi connectivity index (χ4v) is 3.40. The Bertz CT molecular complexity index is 898. The number of carboxylic acid groups (broad SMARTS) is 1. The molecule has 1 atom stereocenters. The molecule has 1 spiro atoms. The van der Waals surface area contributed by atoms with Gasteiger partial charge in [0.25, 0.3) is 5.91 Å². The highest BCUT2D eigenvalue weighted by Crippen LogP contribution is 2.36. The number of likely N-dealkylation sites (tertiary alicyclic amines) is 1. The Morgan fingerprint density at radius 3 is 2.34 bits per heavy atom. The third-order valence-corrected chi connectivity index (χ3v) is 5.12. The zero-order valence-electron chi connectivity index (χ0n) is 17.0. The quantitative estimate of drug-likeness (QED) is 0.724. The van der Waals surface area contributed by atoms with Gasteiger partial charge < -0.3 is 20.1 Å². The van der Waals surface area contributed by atoms with Gasteiger partial charge >= 0.3 is 12.1 Å². The summed E-state index contributed by atoms with van der Waals surface area (Å²) in [4.78, 5) is 35.5. The lowest BCUT2D eigenvalue weighted by Gasteiger charge is -2.52. The molecule has 4 rings (SSSR count). The van der Waals surface area contributed by atoms with E-state index in [1.165, 1.54) is 0 Å². The normalized spacial score (nSPS) is 19.3. The number of rotatable bonds is 4. The maximum Gasteiger partial charge on any atom is 0.490 e. The molecule has 2 N–H and O–H groups in total. The Hall–Kier alpha value is -3.28. The predicted molar refractivity (Wildman–Crippen MR) is 106 cm³/mol. The standard InChI is InChI=1S/C18H21N5O2.C2HF3O2/c24-16(15-4-1-2-7-19-15)23-12-18(13-23)6-5-14(11-25-18)10-22-17-20-8-3-9-21-17;3-2(4,5)1(6)7/h1-4,7-9,14H,5-6,10-13H2,(H,20,21,22);(H,6,7). The van der Waals surface area contributed by atoms with Gasteiger partial charge in [0.05, 0.1) is 19.7 Å². The van der Waals surface area contributed by atoms with Crippen LogP contribution in [-0.2, 0) is 9.53 Å². The fourth-order valence-electron chi connectivity index (χ4n) is 3.40. The number of ether oxygens (including phenoxy) is 1. The van der Waals surface area contributed by atoms with Crippen molar-refractivity contribution in [2.45, 2.75) is 24.6 Å². The number of hydrogen-bond donors (Lipinski definition) is 2. The molecule has 2 fully saturated rings. The van der Waals surface area contributed by atoms with Crippen LogP contribution >= 0.6 is 0 Å². The van der Waals surface area contributed by atoms with Crippen LogP contribution in [0.5, 0.6) is 0 Å². The zero-order chi connectivity index (χ0) is 23.2. The third-order valence-electron chi connectivity index (χ3n) is 5.12. The van der Waals surface area contributed by atoms with Gasteiger partial charge in [-0.1, -0.05) is 6.07 Å². The van der Waals surface area contributed by atoms with Gasteiger partial charge in [-0.25, -0.2) is 14.8 Å². The first-order valence-corrected chi connectivity index (χ1v) is 9.84. The second kappa shape index (κ2) is 9.90. The van der Waals surface area contributed by atoms with Gasteiger partial charge in [0.15, 0.2) is 0 Å². The molecule has 9 nitrogen and oxygen atoms in total. The van der Waals surface area contributed by atoms with Gasteiger partial charge in [-0.3, -0.25) is 9.78 Å². The maximum atomic E-state index is 12.4. The number of nitrogens with one attached hydrogen (secondary N) is 1. The zero-order valence-corrected chi connectivity index (χ0v) is 17.0. The molecule has 2 aromatic heterocycles. The Balaban J connectivity index is 0.000000360. The number of alkyl halides is 3. The number of aromatic nitrogens is 3. The number of carbonyl (C=O) groups excluding carboxylic acids is 1. The summed E-state index contributed by atoms with van der Waals surface area (Å²) in [7, 11) is 0. The SMILES string of the molecule is O=C(O)C(F)(F)F.O=C(c1ccccn1)N1CC2(CCC(CNc3ncccn3)CO2)C1. The molecule has 0 aromatic carbocycles. The highest BCUT2D eigenvalue weighted by atomic mass is 19.4. The number of aliphatic carboxylic acids is 1. The van der Waals surface area contributed by atoms with Crippen molar-refractivity contribution in [3.8, 4) is 0 Å². The van der Waals surface area contributed by atoms with Gasteiger partial charge in [0, 0.05) is 25.1 Å². The number of nitrogens with zero attached hydrogens (tertiary/aromatic N) is 4. The largest absolute Gasteiger partial charge is 0.490 e. The van der Waals surface area contributed by atoms with E-state index >= 15 is 0 Å². The summed E-state index contributed by atoms with van der Waals surface area (Å²) in [5.74, 6) is -1.68. The molecule has 0 aliphatic carbocycles. The first-order valence-electron chi connectivity index (χ1n) is 9.84. The molecular formula is C20H22F3N5O4. The van der Waals surface area contributed by atoms with Crippen LogP contribution in [0.3, 0.4) is 0 Å². The van der Waals surface area contributed by atoms with Crippen LogP contribution in [-0.4, -0.2) is 74.9 Å². The molecule has 1 unspecified atom stereocenters. The second-order valence-corrected chi connectivity index (χ2v) is 7.53. The van der Waals surface area contributed by atoms with Crippen LogP contribution in [0.25, 0.3) is 0 Å². The van der Waals surface area contributed by atoms with Crippen LogP contribution in [0, 0.1) is 5.92 Å². The predicted octanol–water partition coefficient (Wildman–Crippen LogP) is 2.24. The molecule has 0 bridgehead atoms. The third kappa shape index (κ3) is 6.13. The lowest BCUT2D eigenvalue weighted by molar-refractivity contribution is -0.192. The summed E-state index contributed by atoms with van der Waals surface area (Å²) in [6.07, 6.45) is 2.06. The Labute approximate surface area is 181 Å². The molecule has 172 valence electrons. The summed E-state index contributed by atoms with van der Waals surface area (Å²) >= 11 is 0. The van der Waals surface area contributed by atoms with Crippen molar-refractivity contribution in [2.24, 2.45) is 5.92 Å². The molecular weight excluding hydrogens is 431 g/mol. The minimum atomic E-state index is -5.08. The molecule has 2 aromatic rings. The average molecular weight is 453 g/mol. The molecule has 32 heavy (non-hydrogen) atoms. The number of carboxylic acids is 1. The smallest absolute Gasteiger partial charge is 0.475 e. The van der Waals surface area contributed by atoms with Gasteiger partial charge in [-0.15, -0.1) is 0 Å². The van der Waals surface area contributed by atoms with Crippen LogP contribution < -0.4 is 5.32 Å². The van der Waals surface area contributed by atoms with E-state index in [-0.39, 0.29) is 11.5 Å². The topological polar surface area (TPSA) is 118 Å². The van der Waals surface area contributed by atoms with Crippen molar-refractivity contribution >= 4 is 17.8 Å². The van der Waals surface area contributed by atoms with Crippen molar-refractivity contribution in [1.29, 1.82) is 0 Å². The van der Waals surface area contributed by atoms with E-state index in [1.807, 2.05) is 17.0 Å². The molecule has 0 saturated carbocycles. The number of amides is 1. The summed E-state index contributed by atoms with van der Waals surface area (Å²) in [6.45, 7) is 2.82. The maximum absolute atomic E-state index is 12.4. The molecule has 2 saturated heterocycles. The molecule has 12 heteroatoms. The number of carbonyl (C=O) groups is 2. The van der Waals surface area contributed by atoms with Crippen LogP contribution in [0.15, 0.2) is 42.9 Å². The Morgan fingerprint density at radius 1 is 1.16 bits per heavy atom. The van der Waals surface area contributed by atoms with Crippen molar-refractivity contribution in [2.75, 3.05) is 31.6 Å². The van der Waals surface area contributed by atoms with E-state index < -0.39 is 12.1 Å². The lowest BCUT2D eigenvalue weighted by atomic mass is 9.82. The van der Waals surface area contributed by atoms with Crippen molar-refractivity contribution in [3.05, 3.63) is 48.5 Å². The molecule has 2 aliphatic rings. The number of anilines is 1. The summed E-state index contributed by atoms with van der Waals surface area (Å²) in [5.41, 5.74) is 0.336. The van der Waals surface area contributed by atoms with E-state index in [4.69, 9.17) is 14.6 Å². The molecule has 1 amide bonds. The summed E-state index contributed by atoms with van der Waals surface area (Å²) in [5, 5.41) is 10.4. The lowest BCUT2D eigenvalue weighted by Crippen LogP contribution is -2.66. The highest BCUT2D eigenvalue weighted by Gasteiger charge is 2.48. The minimum absolute atomic E-state index is 0.0140. The van der Waals surface area contributed by atoms with E-state index in [9.17, 15) is 18.0 Å². The van der Waals surface area contributed by atoms with Crippen LogP contribution in [0.4, 0.5) is 19.1 Å². The molecule has 2 aliphatic heterocycles. The number of halogens is 3. The van der Waals surface area contributed by atoms with Gasteiger partial charge in [0.1, 0.15) is 11.3 Å². The summed E-state index contributed by atoms with van der Waals surface area (Å²) < 4.78 is 37.9. The van der Waals surface area contributed by atoms with Crippen molar-refractivity contribution in [1.82, 2.24) is 19.9 Å². The second-order valence-electron chi connectivity index (χ2n) is 7.53. The molecule has 4 heterocycles. The van der Waals surface area contributed by atoms with E-state index in [0.29, 0.717) is 37.3 Å². The van der Waals surface area contributed by atoms with Gasteiger partial charge in [-0.2, -0.15) is 13.2 Å². The first kappa shape index (κ1) is 23.4. The van der Waals surface area contributed by atoms with E-state index in [2.05, 4.69) is 20.3 Å². The van der Waals surface area contributed by atoms with Crippen LogP contribution in [0.1, 0.15) is 23.3 Å². The first-order chi connectivity index (χ1) is 15.2. The summed E-state index contributed by atoms with van der Waals surface area (Å²) in [6, 6.07) is 7.20. The van der Waals surface area contributed by atoms with Crippen molar-refractivity contribution in [3.63, 3.8) is 0 Å². The number of pyridine rings is 1. The fraction of sp³-hybridized carbons (Fsp3) is 0.450. The van der Waals surface area contributed by atoms with Crippen molar-refractivity contribution < 1.29 is 32.6 Å². The van der Waals surface area contributed by atoms with Crippen LogP contribution in [0.2, 0.25) is 0 Å². The monoisotopic (exact) mass is 453 g/mol. The Morgan fingerprint density at radius 2 is 1.81 bits per heavy atom. The minimum Gasteiger partial charge on any atom is -0.475 e. The average Bonchev–Trinajstić information content (AvgIpc) is 2.77. The molecule has 0 radical (unpaired) electrons. The Kier molecular flexibility index (Phi) is 7.23. The van der Waals surface area contributed by atoms with E-state index in [0.717, 1.165) is 19.4 Å². The van der Waals surface area contributed by atoms with Gasteiger partial charge in [-0.05, 0) is 37.0 Å². The highest BCUT2D eigenvalue weighted by molar-refractivity contribution is 5.93. The number of hydrogen-bond acceptors (Lipinski definition) is 7. The van der Waals surface area contributed by atoms with Gasteiger partial charge in [0.2, 0.25) is 5.95 Å². The van der Waals surface area contributed by atoms with E-state index in [1.54, 1.807) is 30.7 Å².